The monoisotopic (exact) mass is 299 g/mol. The zero-order valence-corrected chi connectivity index (χ0v) is 13.6. The number of benzene rings is 2. The Morgan fingerprint density at radius 3 is 2.32 bits per heavy atom. The van der Waals surface area contributed by atoms with Gasteiger partial charge in [0.05, 0.1) is 6.61 Å². The summed E-state index contributed by atoms with van der Waals surface area (Å²) in [5.41, 5.74) is 2.42. The first-order valence-electron chi connectivity index (χ1n) is 7.68. The lowest BCUT2D eigenvalue weighted by Gasteiger charge is -2.22. The number of nitrogens with one attached hydrogen (secondary N) is 1. The molecule has 2 aromatic rings. The number of para-hydroxylation sites is 1. The second kappa shape index (κ2) is 7.43. The van der Waals surface area contributed by atoms with Gasteiger partial charge in [0.25, 0.3) is 0 Å². The topological polar surface area (TPSA) is 41.5 Å². The molecular formula is C19H25NO2. The highest BCUT2D eigenvalue weighted by molar-refractivity contribution is 5.41. The zero-order chi connectivity index (χ0) is 16.0. The summed E-state index contributed by atoms with van der Waals surface area (Å²) in [5, 5.41) is 11.9. The second-order valence-corrected chi connectivity index (χ2v) is 6.39. The van der Waals surface area contributed by atoms with Gasteiger partial charge >= 0.3 is 0 Å². The van der Waals surface area contributed by atoms with Gasteiger partial charge in [-0.3, -0.25) is 0 Å². The maximum atomic E-state index is 8.76. The molecule has 3 heteroatoms. The predicted molar refractivity (Wildman–Crippen MR) is 90.5 cm³/mol. The molecule has 3 nitrogen and oxygen atoms in total. The predicted octanol–water partition coefficient (Wildman–Crippen LogP) is 3.86. The molecule has 2 N–H and O–H groups in total. The molecule has 0 fully saturated rings. The first-order valence-corrected chi connectivity index (χ1v) is 7.68. The minimum Gasteiger partial charge on any atom is -0.457 e. The van der Waals surface area contributed by atoms with Crippen LogP contribution in [0.4, 0.5) is 0 Å². The highest BCUT2D eigenvalue weighted by Gasteiger charge is 2.18. The minimum absolute atomic E-state index is 0.0464. The maximum Gasteiger partial charge on any atom is 0.131 e. The summed E-state index contributed by atoms with van der Waals surface area (Å²) in [6, 6.07) is 16.2. The largest absolute Gasteiger partial charge is 0.457 e. The lowest BCUT2D eigenvalue weighted by Crippen LogP contribution is -2.17. The van der Waals surface area contributed by atoms with Crippen LogP contribution < -0.4 is 10.1 Å². The third-order valence-corrected chi connectivity index (χ3v) is 3.46. The summed E-state index contributed by atoms with van der Waals surface area (Å²) in [5.74, 6) is 1.74. The number of rotatable bonds is 6. The van der Waals surface area contributed by atoms with E-state index in [-0.39, 0.29) is 12.0 Å². The van der Waals surface area contributed by atoms with Crippen LogP contribution in [0.25, 0.3) is 0 Å². The number of hydrogen-bond donors (Lipinski definition) is 2. The van der Waals surface area contributed by atoms with E-state index in [0.29, 0.717) is 6.54 Å². The van der Waals surface area contributed by atoms with Crippen LogP contribution in [0.1, 0.15) is 31.9 Å². The van der Waals surface area contributed by atoms with Gasteiger partial charge in [-0.15, -0.1) is 0 Å². The van der Waals surface area contributed by atoms with Crippen molar-refractivity contribution in [3.63, 3.8) is 0 Å². The van der Waals surface area contributed by atoms with E-state index in [1.54, 1.807) is 0 Å². The van der Waals surface area contributed by atoms with Crippen molar-refractivity contribution in [2.45, 2.75) is 32.7 Å². The molecular weight excluding hydrogens is 274 g/mol. The summed E-state index contributed by atoms with van der Waals surface area (Å²) < 4.78 is 6.06. The highest BCUT2D eigenvalue weighted by atomic mass is 16.5. The molecule has 2 aromatic carbocycles. The van der Waals surface area contributed by atoms with Gasteiger partial charge < -0.3 is 15.2 Å². The maximum absolute atomic E-state index is 8.76. The van der Waals surface area contributed by atoms with Crippen LogP contribution in [0.15, 0.2) is 48.5 Å². The Bertz CT molecular complexity index is 585. The molecule has 0 spiro atoms. The van der Waals surface area contributed by atoms with Crippen LogP contribution in [0.2, 0.25) is 0 Å². The van der Waals surface area contributed by atoms with Gasteiger partial charge in [-0.1, -0.05) is 51.1 Å². The molecule has 0 atom stereocenters. The zero-order valence-electron chi connectivity index (χ0n) is 13.6. The van der Waals surface area contributed by atoms with Crippen molar-refractivity contribution in [2.75, 3.05) is 13.2 Å². The SMILES string of the molecule is CC(C)(C)c1ccccc1Oc1ccc(CNCCO)cc1. The Labute approximate surface area is 133 Å². The van der Waals surface area contributed by atoms with Crippen molar-refractivity contribution in [1.82, 2.24) is 5.32 Å². The molecule has 118 valence electrons. The quantitative estimate of drug-likeness (QED) is 0.796. The van der Waals surface area contributed by atoms with Crippen molar-refractivity contribution in [3.8, 4) is 11.5 Å². The van der Waals surface area contributed by atoms with Crippen molar-refractivity contribution in [3.05, 3.63) is 59.7 Å². The Morgan fingerprint density at radius 2 is 1.68 bits per heavy atom. The first kappa shape index (κ1) is 16.5. The molecule has 22 heavy (non-hydrogen) atoms. The molecule has 0 saturated heterocycles. The van der Waals surface area contributed by atoms with E-state index in [4.69, 9.17) is 9.84 Å². The van der Waals surface area contributed by atoms with Crippen molar-refractivity contribution >= 4 is 0 Å². The highest BCUT2D eigenvalue weighted by Crippen LogP contribution is 2.33. The van der Waals surface area contributed by atoms with Crippen LogP contribution in [0, 0.1) is 0 Å². The van der Waals surface area contributed by atoms with E-state index < -0.39 is 0 Å². The Morgan fingerprint density at radius 1 is 1.00 bits per heavy atom. The van der Waals surface area contributed by atoms with Gasteiger partial charge in [-0.25, -0.2) is 0 Å². The van der Waals surface area contributed by atoms with Gasteiger partial charge in [0.15, 0.2) is 0 Å². The minimum atomic E-state index is 0.0464. The second-order valence-electron chi connectivity index (χ2n) is 6.39. The van der Waals surface area contributed by atoms with Crippen molar-refractivity contribution in [1.29, 1.82) is 0 Å². The van der Waals surface area contributed by atoms with Gasteiger partial charge in [0.2, 0.25) is 0 Å². The molecule has 0 aromatic heterocycles. The van der Waals surface area contributed by atoms with Gasteiger partial charge in [0, 0.05) is 18.7 Å². The number of aliphatic hydroxyl groups excluding tert-OH is 1. The van der Waals surface area contributed by atoms with Crippen LogP contribution >= 0.6 is 0 Å². The third kappa shape index (κ3) is 4.58. The fourth-order valence-corrected chi connectivity index (χ4v) is 2.29. The molecule has 0 amide bonds. The molecule has 0 radical (unpaired) electrons. The van der Waals surface area contributed by atoms with Crippen LogP contribution in [0.3, 0.4) is 0 Å². The normalized spacial score (nSPS) is 11.5. The standard InChI is InChI=1S/C19H25NO2/c1-19(2,3)17-6-4-5-7-18(17)22-16-10-8-15(9-11-16)14-20-12-13-21/h4-11,20-21H,12-14H2,1-3H3. The number of ether oxygens (including phenoxy) is 1. The Balaban J connectivity index is 2.08. The Hall–Kier alpha value is -1.84. The summed E-state index contributed by atoms with van der Waals surface area (Å²) >= 11 is 0. The summed E-state index contributed by atoms with van der Waals surface area (Å²) in [6.07, 6.45) is 0. The number of hydrogen-bond acceptors (Lipinski definition) is 3. The fourth-order valence-electron chi connectivity index (χ4n) is 2.29. The van der Waals surface area contributed by atoms with Gasteiger partial charge in [-0.05, 0) is 29.2 Å². The smallest absolute Gasteiger partial charge is 0.131 e. The molecule has 0 aliphatic carbocycles. The third-order valence-electron chi connectivity index (χ3n) is 3.46. The van der Waals surface area contributed by atoms with E-state index in [1.165, 1.54) is 11.1 Å². The lowest BCUT2D eigenvalue weighted by atomic mass is 9.86. The molecule has 0 aliphatic rings. The average Bonchev–Trinajstić information content (AvgIpc) is 2.49. The molecule has 2 rings (SSSR count). The molecule has 0 unspecified atom stereocenters. The number of aliphatic hydroxyl groups is 1. The van der Waals surface area contributed by atoms with Crippen LogP contribution in [0.5, 0.6) is 11.5 Å². The van der Waals surface area contributed by atoms with Gasteiger partial charge in [-0.2, -0.15) is 0 Å². The molecule has 0 heterocycles. The Kier molecular flexibility index (Phi) is 5.58. The van der Waals surface area contributed by atoms with Gasteiger partial charge in [0.1, 0.15) is 11.5 Å². The lowest BCUT2D eigenvalue weighted by molar-refractivity contribution is 0.292. The summed E-state index contributed by atoms with van der Waals surface area (Å²) in [6.45, 7) is 8.07. The fraction of sp³-hybridized carbons (Fsp3) is 0.368. The summed E-state index contributed by atoms with van der Waals surface area (Å²) in [4.78, 5) is 0. The first-order chi connectivity index (χ1) is 10.5. The summed E-state index contributed by atoms with van der Waals surface area (Å²) in [7, 11) is 0. The van der Waals surface area contributed by atoms with E-state index in [9.17, 15) is 0 Å². The van der Waals surface area contributed by atoms with Crippen LogP contribution in [-0.4, -0.2) is 18.3 Å². The van der Waals surface area contributed by atoms with E-state index in [1.807, 2.05) is 42.5 Å². The van der Waals surface area contributed by atoms with Crippen molar-refractivity contribution < 1.29 is 9.84 Å². The van der Waals surface area contributed by atoms with E-state index in [2.05, 4.69) is 32.2 Å². The molecule has 0 aliphatic heterocycles. The van der Waals surface area contributed by atoms with E-state index >= 15 is 0 Å². The molecule has 0 bridgehead atoms. The van der Waals surface area contributed by atoms with E-state index in [0.717, 1.165) is 18.0 Å². The van der Waals surface area contributed by atoms with Crippen molar-refractivity contribution in [2.24, 2.45) is 0 Å². The van der Waals surface area contributed by atoms with Crippen LogP contribution in [-0.2, 0) is 12.0 Å². The molecule has 0 saturated carbocycles. The average molecular weight is 299 g/mol.